The maximum absolute atomic E-state index is 11.8. The van der Waals surface area contributed by atoms with E-state index in [2.05, 4.69) is 10.4 Å². The zero-order chi connectivity index (χ0) is 14.6. The fraction of sp³-hybridized carbons (Fsp3) is 0.583. The van der Waals surface area contributed by atoms with Crippen LogP contribution >= 0.6 is 11.8 Å². The highest BCUT2D eigenvalue weighted by atomic mass is 32.2. The lowest BCUT2D eigenvalue weighted by molar-refractivity contribution is -0.146. The van der Waals surface area contributed by atoms with Crippen LogP contribution in [0.3, 0.4) is 0 Å². The molecule has 0 radical (unpaired) electrons. The third-order valence-corrected chi connectivity index (χ3v) is 3.64. The van der Waals surface area contributed by atoms with Crippen molar-refractivity contribution in [3.8, 4) is 0 Å². The van der Waals surface area contributed by atoms with Crippen molar-refractivity contribution in [3.05, 3.63) is 12.4 Å². The first-order valence-corrected chi connectivity index (χ1v) is 7.26. The predicted octanol–water partition coefficient (Wildman–Crippen LogP) is 1.64. The molecule has 0 fully saturated rings. The van der Waals surface area contributed by atoms with Crippen molar-refractivity contribution < 1.29 is 14.7 Å². The van der Waals surface area contributed by atoms with Crippen molar-refractivity contribution in [3.63, 3.8) is 0 Å². The van der Waals surface area contributed by atoms with E-state index in [1.54, 1.807) is 25.6 Å². The normalized spacial score (nSPS) is 13.1. The number of hydrogen-bond donors (Lipinski definition) is 2. The Morgan fingerprint density at radius 2 is 2.21 bits per heavy atom. The molecule has 0 aliphatic carbocycles. The second-order valence-corrected chi connectivity index (χ2v) is 5.79. The smallest absolute Gasteiger partial charge is 0.331 e. The van der Waals surface area contributed by atoms with Gasteiger partial charge in [0, 0.05) is 17.9 Å². The molecule has 7 heteroatoms. The van der Waals surface area contributed by atoms with E-state index in [0.29, 0.717) is 5.69 Å². The Hall–Kier alpha value is -1.50. The van der Waals surface area contributed by atoms with Crippen LogP contribution in [0.5, 0.6) is 0 Å². The third-order valence-electron chi connectivity index (χ3n) is 2.81. The van der Waals surface area contributed by atoms with Gasteiger partial charge in [-0.3, -0.25) is 9.48 Å². The monoisotopic (exact) mass is 285 g/mol. The Kier molecular flexibility index (Phi) is 4.99. The molecule has 1 aromatic rings. The number of rotatable bonds is 6. The van der Waals surface area contributed by atoms with Gasteiger partial charge >= 0.3 is 5.97 Å². The fourth-order valence-electron chi connectivity index (χ4n) is 1.38. The minimum Gasteiger partial charge on any atom is -0.479 e. The summed E-state index contributed by atoms with van der Waals surface area (Å²) in [6.07, 6.45) is 4.92. The minimum atomic E-state index is -1.14. The van der Waals surface area contributed by atoms with Gasteiger partial charge in [0.05, 0.1) is 11.9 Å². The SMILES string of the molecule is CSCC(C)C(=O)Nc1cnn(C(C)(C)C(=O)O)c1. The maximum atomic E-state index is 11.8. The van der Waals surface area contributed by atoms with E-state index in [9.17, 15) is 9.59 Å². The van der Waals surface area contributed by atoms with E-state index >= 15 is 0 Å². The van der Waals surface area contributed by atoms with Gasteiger partial charge in [-0.05, 0) is 20.1 Å². The molecule has 1 amide bonds. The molecule has 1 atom stereocenters. The molecular formula is C12H19N3O3S. The first-order valence-electron chi connectivity index (χ1n) is 5.87. The summed E-state index contributed by atoms with van der Waals surface area (Å²) in [5.74, 6) is -0.447. The zero-order valence-electron chi connectivity index (χ0n) is 11.5. The summed E-state index contributed by atoms with van der Waals surface area (Å²) in [6, 6.07) is 0. The van der Waals surface area contributed by atoms with Crippen molar-refractivity contribution in [2.45, 2.75) is 26.3 Å². The molecule has 0 bridgehead atoms. The number of anilines is 1. The molecule has 2 N–H and O–H groups in total. The number of aromatic nitrogens is 2. The van der Waals surface area contributed by atoms with Crippen molar-refractivity contribution in [1.29, 1.82) is 0 Å². The summed E-state index contributed by atoms with van der Waals surface area (Å²) in [5, 5.41) is 15.8. The van der Waals surface area contributed by atoms with Gasteiger partial charge in [0.2, 0.25) is 5.91 Å². The Morgan fingerprint density at radius 1 is 1.58 bits per heavy atom. The number of amides is 1. The molecule has 0 aromatic carbocycles. The number of carbonyl (C=O) groups is 2. The lowest BCUT2D eigenvalue weighted by Gasteiger charge is -2.19. The summed E-state index contributed by atoms with van der Waals surface area (Å²) in [4.78, 5) is 22.9. The highest BCUT2D eigenvalue weighted by Crippen LogP contribution is 2.18. The predicted molar refractivity (Wildman–Crippen MR) is 75.4 cm³/mol. The highest BCUT2D eigenvalue weighted by Gasteiger charge is 2.30. The first-order chi connectivity index (χ1) is 8.78. The quantitative estimate of drug-likeness (QED) is 0.830. The molecule has 0 saturated carbocycles. The molecule has 0 spiro atoms. The van der Waals surface area contributed by atoms with Crippen LogP contribution in [-0.4, -0.2) is 38.8 Å². The molecule has 1 aromatic heterocycles. The summed E-state index contributed by atoms with van der Waals surface area (Å²) in [7, 11) is 0. The van der Waals surface area contributed by atoms with Crippen LogP contribution in [0.1, 0.15) is 20.8 Å². The average Bonchev–Trinajstić information content (AvgIpc) is 2.78. The van der Waals surface area contributed by atoms with E-state index in [1.807, 2.05) is 13.2 Å². The van der Waals surface area contributed by atoms with Gasteiger partial charge in [0.25, 0.3) is 0 Å². The first kappa shape index (κ1) is 15.6. The molecule has 19 heavy (non-hydrogen) atoms. The van der Waals surface area contributed by atoms with Crippen molar-refractivity contribution in [2.24, 2.45) is 5.92 Å². The lowest BCUT2D eigenvalue weighted by atomic mass is 10.1. The second-order valence-electron chi connectivity index (χ2n) is 4.88. The van der Waals surface area contributed by atoms with Crippen molar-refractivity contribution in [2.75, 3.05) is 17.3 Å². The van der Waals surface area contributed by atoms with Crippen molar-refractivity contribution >= 4 is 29.3 Å². The van der Waals surface area contributed by atoms with E-state index in [0.717, 1.165) is 5.75 Å². The Balaban J connectivity index is 2.76. The van der Waals surface area contributed by atoms with Crippen LogP contribution in [0, 0.1) is 5.92 Å². The molecule has 6 nitrogen and oxygen atoms in total. The Morgan fingerprint density at radius 3 is 2.74 bits per heavy atom. The average molecular weight is 285 g/mol. The molecule has 1 unspecified atom stereocenters. The van der Waals surface area contributed by atoms with E-state index in [4.69, 9.17) is 5.11 Å². The molecule has 0 aliphatic heterocycles. The number of nitrogens with one attached hydrogen (secondary N) is 1. The van der Waals surface area contributed by atoms with Crippen LogP contribution in [0.2, 0.25) is 0 Å². The topological polar surface area (TPSA) is 84.2 Å². The number of carboxylic acids is 1. The maximum Gasteiger partial charge on any atom is 0.331 e. The van der Waals surface area contributed by atoms with E-state index < -0.39 is 11.5 Å². The molecule has 1 rings (SSSR count). The van der Waals surface area contributed by atoms with Crippen LogP contribution < -0.4 is 5.32 Å². The standard InChI is InChI=1S/C12H19N3O3S/c1-8(7-19-4)10(16)14-9-5-13-15(6-9)12(2,3)11(17)18/h5-6,8H,7H2,1-4H3,(H,14,16)(H,17,18). The van der Waals surface area contributed by atoms with Gasteiger partial charge in [-0.2, -0.15) is 16.9 Å². The van der Waals surface area contributed by atoms with Crippen LogP contribution in [0.25, 0.3) is 0 Å². The summed E-state index contributed by atoms with van der Waals surface area (Å²) in [6.45, 7) is 4.94. The molecule has 106 valence electrons. The third kappa shape index (κ3) is 3.73. The zero-order valence-corrected chi connectivity index (χ0v) is 12.3. The molecule has 0 aliphatic rings. The number of carboxylic acid groups (broad SMARTS) is 1. The number of carbonyl (C=O) groups excluding carboxylic acids is 1. The summed E-state index contributed by atoms with van der Waals surface area (Å²) < 4.78 is 1.32. The summed E-state index contributed by atoms with van der Waals surface area (Å²) >= 11 is 1.60. The van der Waals surface area contributed by atoms with Gasteiger partial charge in [0.15, 0.2) is 5.54 Å². The van der Waals surface area contributed by atoms with Crippen LogP contribution in [-0.2, 0) is 15.1 Å². The van der Waals surface area contributed by atoms with Gasteiger partial charge < -0.3 is 10.4 Å². The lowest BCUT2D eigenvalue weighted by Crippen LogP contribution is -2.35. The van der Waals surface area contributed by atoms with Gasteiger partial charge in [-0.25, -0.2) is 4.79 Å². The Labute approximate surface area is 116 Å². The minimum absolute atomic E-state index is 0.0953. The molecular weight excluding hydrogens is 266 g/mol. The largest absolute Gasteiger partial charge is 0.479 e. The van der Waals surface area contributed by atoms with Gasteiger partial charge in [-0.1, -0.05) is 6.92 Å². The van der Waals surface area contributed by atoms with E-state index in [1.165, 1.54) is 17.1 Å². The van der Waals surface area contributed by atoms with E-state index in [-0.39, 0.29) is 11.8 Å². The number of thioether (sulfide) groups is 1. The summed E-state index contributed by atoms with van der Waals surface area (Å²) in [5.41, 5.74) is -0.638. The Bertz CT molecular complexity index is 471. The van der Waals surface area contributed by atoms with Gasteiger partial charge in [0.1, 0.15) is 0 Å². The number of nitrogens with zero attached hydrogens (tertiary/aromatic N) is 2. The molecule has 0 saturated heterocycles. The molecule has 1 heterocycles. The fourth-order valence-corrected chi connectivity index (χ4v) is 2.03. The number of aliphatic carboxylic acids is 1. The highest BCUT2D eigenvalue weighted by molar-refractivity contribution is 7.98. The number of hydrogen-bond acceptors (Lipinski definition) is 4. The van der Waals surface area contributed by atoms with Crippen LogP contribution in [0.4, 0.5) is 5.69 Å². The van der Waals surface area contributed by atoms with Crippen molar-refractivity contribution in [1.82, 2.24) is 9.78 Å². The van der Waals surface area contributed by atoms with Crippen LogP contribution in [0.15, 0.2) is 12.4 Å². The second kappa shape index (κ2) is 6.10. The van der Waals surface area contributed by atoms with Gasteiger partial charge in [-0.15, -0.1) is 0 Å².